The van der Waals surface area contributed by atoms with Gasteiger partial charge in [-0.2, -0.15) is 0 Å². The summed E-state index contributed by atoms with van der Waals surface area (Å²) in [4.78, 5) is 4.35. The van der Waals surface area contributed by atoms with E-state index in [0.29, 0.717) is 0 Å². The maximum Gasteiger partial charge on any atom is 0.0961 e. The van der Waals surface area contributed by atoms with Crippen molar-refractivity contribution < 1.29 is 1.37 Å². The van der Waals surface area contributed by atoms with Gasteiger partial charge in [0.2, 0.25) is 0 Å². The van der Waals surface area contributed by atoms with Crippen molar-refractivity contribution in [2.45, 2.75) is 26.3 Å². The Kier molecular flexibility index (Phi) is 2.84. The summed E-state index contributed by atoms with van der Waals surface area (Å²) in [5.74, 6) is 0. The lowest BCUT2D eigenvalue weighted by atomic mass is 9.92. The smallest absolute Gasteiger partial charge is 0.0961 e. The number of hydrogen-bond donors (Lipinski definition) is 0. The zero-order valence-electron chi connectivity index (χ0n) is 14.8. The van der Waals surface area contributed by atoms with Gasteiger partial charge in [0.15, 0.2) is 0 Å². The first kappa shape index (κ1) is 13.0. The van der Waals surface area contributed by atoms with E-state index >= 15 is 0 Å². The van der Waals surface area contributed by atoms with Gasteiger partial charge in [-0.3, -0.25) is 0 Å². The van der Waals surface area contributed by atoms with Gasteiger partial charge in [-0.1, -0.05) is 54.6 Å². The van der Waals surface area contributed by atoms with Crippen LogP contribution in [0.25, 0.3) is 0 Å². The normalized spacial score (nSPS) is 26.7. The van der Waals surface area contributed by atoms with Crippen molar-refractivity contribution >= 4 is 5.69 Å². The number of fused-ring (bicyclic) bond motifs is 1. The average molecular weight is 303 g/mol. The lowest BCUT2D eigenvalue weighted by molar-refractivity contribution is 0.238. The largest absolute Gasteiger partial charge is 0.339 e. The first-order valence-electron chi connectivity index (χ1n) is 8.64. The van der Waals surface area contributed by atoms with E-state index in [2.05, 4.69) is 79.1 Å². The molecule has 23 heavy (non-hydrogen) atoms. The molecule has 2 aliphatic heterocycles. The highest BCUT2D eigenvalue weighted by Gasteiger charge is 2.42. The van der Waals surface area contributed by atoms with Crippen molar-refractivity contribution in [3.8, 4) is 0 Å². The van der Waals surface area contributed by atoms with Crippen LogP contribution in [0.5, 0.6) is 0 Å². The fourth-order valence-electron chi connectivity index (χ4n) is 3.54. The van der Waals surface area contributed by atoms with E-state index in [1.165, 1.54) is 11.1 Å². The van der Waals surface area contributed by atoms with Crippen LogP contribution in [0.3, 0.4) is 0 Å². The molecule has 0 saturated carbocycles. The third kappa shape index (κ3) is 2.02. The van der Waals surface area contributed by atoms with Gasteiger partial charge < -0.3 is 9.80 Å². The predicted octanol–water partition coefficient (Wildman–Crippen LogP) is 4.79. The second-order valence-corrected chi connectivity index (χ2v) is 6.46. The van der Waals surface area contributed by atoms with Crippen molar-refractivity contribution in [3.63, 3.8) is 0 Å². The summed E-state index contributed by atoms with van der Waals surface area (Å²) in [6, 6.07) is 18.8. The molecule has 0 amide bonds. The monoisotopic (exact) mass is 303 g/mol. The number of nitrogens with zero attached hydrogens (tertiary/aromatic N) is 2. The Hall–Kier alpha value is -2.48. The zero-order chi connectivity index (χ0) is 16.9. The molecule has 2 aromatic carbocycles. The predicted molar refractivity (Wildman–Crippen MR) is 96.0 cm³/mol. The maximum atomic E-state index is 8.96. The molecule has 2 nitrogen and oxygen atoms in total. The van der Waals surface area contributed by atoms with Crippen LogP contribution in [0.4, 0.5) is 5.69 Å². The van der Waals surface area contributed by atoms with E-state index in [4.69, 9.17) is 1.37 Å². The van der Waals surface area contributed by atoms with Gasteiger partial charge in [0.25, 0.3) is 0 Å². The van der Waals surface area contributed by atoms with Gasteiger partial charge >= 0.3 is 0 Å². The van der Waals surface area contributed by atoms with Crippen molar-refractivity contribution in [2.75, 3.05) is 11.5 Å². The Morgan fingerprint density at radius 1 is 1.00 bits per heavy atom. The highest BCUT2D eigenvalue weighted by molar-refractivity contribution is 5.62. The van der Waals surface area contributed by atoms with E-state index in [1.807, 2.05) is 18.2 Å². The molecule has 0 radical (unpaired) electrons. The summed E-state index contributed by atoms with van der Waals surface area (Å²) in [7, 11) is 0. The quantitative estimate of drug-likeness (QED) is 0.787. The van der Waals surface area contributed by atoms with Gasteiger partial charge in [0.05, 0.1) is 19.3 Å². The molecular formula is C21H22N2. The molecule has 0 fully saturated rings. The molecule has 0 N–H and O–H groups in total. The highest BCUT2D eigenvalue weighted by Crippen LogP contribution is 2.45. The van der Waals surface area contributed by atoms with E-state index in [9.17, 15) is 0 Å². The molecule has 2 atom stereocenters. The first-order valence-corrected chi connectivity index (χ1v) is 8.06. The van der Waals surface area contributed by atoms with Crippen molar-refractivity contribution in [2.24, 2.45) is 0 Å². The first-order chi connectivity index (χ1) is 11.5. The van der Waals surface area contributed by atoms with Gasteiger partial charge in [-0.15, -0.1) is 0 Å². The Labute approximate surface area is 139 Å². The van der Waals surface area contributed by atoms with Crippen LogP contribution >= 0.6 is 0 Å². The molecule has 2 aliphatic rings. The topological polar surface area (TPSA) is 6.48 Å². The molecule has 2 unspecified atom stereocenters. The summed E-state index contributed by atoms with van der Waals surface area (Å²) in [6.45, 7) is 5.95. The van der Waals surface area contributed by atoms with E-state index in [1.54, 1.807) is 0 Å². The molecule has 0 spiro atoms. The number of para-hydroxylation sites is 1. The molecule has 4 rings (SSSR count). The molecule has 0 aliphatic carbocycles. The van der Waals surface area contributed by atoms with Gasteiger partial charge in [0, 0.05) is 11.4 Å². The lowest BCUT2D eigenvalue weighted by Crippen LogP contribution is -2.40. The van der Waals surface area contributed by atoms with Crippen molar-refractivity contribution in [1.82, 2.24) is 4.90 Å². The summed E-state index contributed by atoms with van der Waals surface area (Å²) < 4.78 is 8.96. The minimum Gasteiger partial charge on any atom is -0.339 e. The Morgan fingerprint density at radius 2 is 1.70 bits per heavy atom. The molecule has 2 aromatic rings. The number of benzene rings is 2. The summed E-state index contributed by atoms with van der Waals surface area (Å²) in [5, 5.41) is 0. The fourth-order valence-corrected chi connectivity index (χ4v) is 3.54. The van der Waals surface area contributed by atoms with Crippen LogP contribution in [0, 0.1) is 6.92 Å². The van der Waals surface area contributed by atoms with Crippen LogP contribution in [0.2, 0.25) is 0 Å². The maximum absolute atomic E-state index is 8.96. The molecule has 116 valence electrons. The summed E-state index contributed by atoms with van der Waals surface area (Å²) in [5.41, 5.74) is 5.52. The lowest BCUT2D eigenvalue weighted by Gasteiger charge is -2.36. The van der Waals surface area contributed by atoms with Gasteiger partial charge in [-0.05, 0) is 44.0 Å². The van der Waals surface area contributed by atoms with Gasteiger partial charge in [0.1, 0.15) is 0 Å². The molecule has 0 aromatic heterocycles. The SMILES string of the molecule is [2H]C1N(c2ccccc2C)C(C)=C2C=CC(C)(c3ccccc3)N21. The average Bonchev–Trinajstić information content (AvgIpc) is 3.07. The summed E-state index contributed by atoms with van der Waals surface area (Å²) >= 11 is 0. The van der Waals surface area contributed by atoms with Crippen LogP contribution in [-0.4, -0.2) is 11.5 Å². The Bertz CT molecular complexity index is 840. The van der Waals surface area contributed by atoms with Crippen LogP contribution in [0.1, 0.15) is 26.3 Å². The second-order valence-electron chi connectivity index (χ2n) is 6.46. The summed E-state index contributed by atoms with van der Waals surface area (Å²) in [6.07, 6.45) is 4.39. The van der Waals surface area contributed by atoms with E-state index in [0.717, 1.165) is 17.1 Å². The molecule has 2 heterocycles. The third-order valence-electron chi connectivity index (χ3n) is 5.02. The van der Waals surface area contributed by atoms with E-state index < -0.39 is 6.64 Å². The van der Waals surface area contributed by atoms with Crippen molar-refractivity contribution in [1.29, 1.82) is 0 Å². The van der Waals surface area contributed by atoms with E-state index in [-0.39, 0.29) is 5.54 Å². The number of anilines is 1. The highest BCUT2D eigenvalue weighted by atomic mass is 15.4. The molecule has 0 bridgehead atoms. The van der Waals surface area contributed by atoms with Crippen molar-refractivity contribution in [3.05, 3.63) is 89.3 Å². The fraction of sp³-hybridized carbons (Fsp3) is 0.238. The number of rotatable bonds is 2. The Balaban J connectivity index is 1.81. The van der Waals surface area contributed by atoms with Gasteiger partial charge in [-0.25, -0.2) is 0 Å². The zero-order valence-corrected chi connectivity index (χ0v) is 13.8. The number of aryl methyl sites for hydroxylation is 1. The minimum atomic E-state index is -0.471. The second kappa shape index (κ2) is 5.02. The third-order valence-corrected chi connectivity index (χ3v) is 5.02. The minimum absolute atomic E-state index is 0.290. The van der Waals surface area contributed by atoms with Crippen LogP contribution in [0.15, 0.2) is 78.1 Å². The number of hydrogen-bond acceptors (Lipinski definition) is 2. The molecule has 0 saturated heterocycles. The van der Waals surface area contributed by atoms with Crippen LogP contribution in [-0.2, 0) is 5.54 Å². The molecule has 2 heteroatoms. The number of allylic oxidation sites excluding steroid dienone is 2. The molecular weight excluding hydrogens is 280 g/mol. The van der Waals surface area contributed by atoms with Crippen LogP contribution < -0.4 is 4.90 Å². The Morgan fingerprint density at radius 3 is 2.43 bits per heavy atom. The standard InChI is InChI=1S/C21H22N2/c1-16-9-7-8-12-19(16)22-15-23-20(17(22)2)13-14-21(23,3)18-10-5-4-6-11-18/h4-14H,15H2,1-3H3/i15D.